The Balaban J connectivity index is 2.87. The second-order valence-electron chi connectivity index (χ2n) is 3.88. The summed E-state index contributed by atoms with van der Waals surface area (Å²) in [4.78, 5) is 18.3. The van der Waals surface area contributed by atoms with Crippen LogP contribution in [-0.2, 0) is 0 Å². The van der Waals surface area contributed by atoms with E-state index in [-0.39, 0.29) is 27.7 Å². The monoisotopic (exact) mass is 309 g/mol. The molecular weight excluding hydrogens is 300 g/mol. The van der Waals surface area contributed by atoms with Crippen LogP contribution in [0, 0.1) is 23.0 Å². The van der Waals surface area contributed by atoms with Gasteiger partial charge in [-0.05, 0) is 12.3 Å². The first kappa shape index (κ1) is 15.0. The molecule has 21 heavy (non-hydrogen) atoms. The van der Waals surface area contributed by atoms with Gasteiger partial charge in [-0.3, -0.25) is 4.79 Å². The van der Waals surface area contributed by atoms with E-state index in [1.54, 1.807) is 12.3 Å². The van der Waals surface area contributed by atoms with E-state index >= 15 is 0 Å². The van der Waals surface area contributed by atoms with Gasteiger partial charge in [0.1, 0.15) is 23.1 Å². The van der Waals surface area contributed by atoms with Crippen LogP contribution in [0.15, 0.2) is 22.1 Å². The fourth-order valence-electron chi connectivity index (χ4n) is 1.79. The molecule has 0 saturated carbocycles. The van der Waals surface area contributed by atoms with Crippen molar-refractivity contribution in [3.05, 3.63) is 39.7 Å². The smallest absolute Gasteiger partial charge is 0.270 e. The van der Waals surface area contributed by atoms with Gasteiger partial charge in [-0.25, -0.2) is 13.8 Å². The molecule has 0 aliphatic heterocycles. The van der Waals surface area contributed by atoms with Gasteiger partial charge in [-0.2, -0.15) is 5.26 Å². The summed E-state index contributed by atoms with van der Waals surface area (Å²) in [7, 11) is 1.20. The van der Waals surface area contributed by atoms with E-state index in [0.717, 1.165) is 17.8 Å². The SMILES string of the molecule is COc1c(F)cc(F)cc1-c1nc(SC)[nH]c(=O)c1C#N. The fourth-order valence-corrected chi connectivity index (χ4v) is 2.17. The van der Waals surface area contributed by atoms with E-state index in [0.29, 0.717) is 6.07 Å². The minimum atomic E-state index is -0.941. The number of methoxy groups -OCH3 is 1. The number of aromatic nitrogens is 2. The van der Waals surface area contributed by atoms with E-state index in [1.165, 1.54) is 7.11 Å². The Morgan fingerprint density at radius 3 is 2.71 bits per heavy atom. The predicted molar refractivity (Wildman–Crippen MR) is 73.3 cm³/mol. The molecule has 108 valence electrons. The molecule has 0 bridgehead atoms. The second kappa shape index (κ2) is 5.93. The van der Waals surface area contributed by atoms with Crippen molar-refractivity contribution in [2.75, 3.05) is 13.4 Å². The Bertz CT molecular complexity index is 799. The molecule has 0 radical (unpaired) electrons. The number of H-pyrrole nitrogens is 1. The third kappa shape index (κ3) is 2.73. The summed E-state index contributed by atoms with van der Waals surface area (Å²) < 4.78 is 32.1. The van der Waals surface area contributed by atoms with Crippen molar-refractivity contribution in [3.8, 4) is 23.1 Å². The number of ether oxygens (including phenoxy) is 1. The van der Waals surface area contributed by atoms with Crippen molar-refractivity contribution in [2.45, 2.75) is 5.16 Å². The maximum Gasteiger partial charge on any atom is 0.270 e. The lowest BCUT2D eigenvalue weighted by Gasteiger charge is -2.11. The van der Waals surface area contributed by atoms with E-state index in [2.05, 4.69) is 9.97 Å². The molecule has 0 unspecified atom stereocenters. The van der Waals surface area contributed by atoms with Crippen molar-refractivity contribution >= 4 is 11.8 Å². The van der Waals surface area contributed by atoms with Crippen molar-refractivity contribution < 1.29 is 13.5 Å². The van der Waals surface area contributed by atoms with E-state index < -0.39 is 17.2 Å². The first-order valence-electron chi connectivity index (χ1n) is 5.63. The minimum absolute atomic E-state index is 0.0899. The quantitative estimate of drug-likeness (QED) is 0.695. The Morgan fingerprint density at radius 2 is 2.14 bits per heavy atom. The largest absolute Gasteiger partial charge is 0.493 e. The Hall–Kier alpha value is -2.40. The number of halogens is 2. The van der Waals surface area contributed by atoms with Crippen LogP contribution in [0.3, 0.4) is 0 Å². The number of nitrogens with one attached hydrogen (secondary N) is 1. The number of hydrogen-bond donors (Lipinski definition) is 1. The van der Waals surface area contributed by atoms with Crippen molar-refractivity contribution in [3.63, 3.8) is 0 Å². The summed E-state index contributed by atoms with van der Waals surface area (Å²) in [6.07, 6.45) is 1.66. The highest BCUT2D eigenvalue weighted by Crippen LogP contribution is 2.33. The van der Waals surface area contributed by atoms with Crippen LogP contribution in [0.1, 0.15) is 5.56 Å². The highest BCUT2D eigenvalue weighted by Gasteiger charge is 2.20. The lowest BCUT2D eigenvalue weighted by Crippen LogP contribution is -2.15. The molecule has 0 saturated heterocycles. The molecule has 1 aromatic carbocycles. The highest BCUT2D eigenvalue weighted by atomic mass is 32.2. The molecule has 2 rings (SSSR count). The summed E-state index contributed by atoms with van der Waals surface area (Å²) >= 11 is 1.13. The molecule has 0 fully saturated rings. The molecule has 0 aliphatic rings. The van der Waals surface area contributed by atoms with Crippen molar-refractivity contribution in [2.24, 2.45) is 0 Å². The Kier molecular flexibility index (Phi) is 4.23. The Labute approximate surface area is 122 Å². The molecule has 5 nitrogen and oxygen atoms in total. The van der Waals surface area contributed by atoms with Crippen LogP contribution in [0.25, 0.3) is 11.3 Å². The number of hydrogen-bond acceptors (Lipinski definition) is 5. The molecule has 1 aromatic heterocycles. The topological polar surface area (TPSA) is 78.8 Å². The maximum atomic E-state index is 13.7. The summed E-state index contributed by atoms with van der Waals surface area (Å²) in [5.74, 6) is -2.08. The standard InChI is InChI=1S/C13H9F2N3O2S/c1-20-11-7(3-6(14)4-9(11)15)10-8(5-16)12(19)18-13(17-10)21-2/h3-4H,1-2H3,(H,17,18,19). The van der Waals surface area contributed by atoms with Gasteiger partial charge in [-0.1, -0.05) is 11.8 Å². The minimum Gasteiger partial charge on any atom is -0.493 e. The van der Waals surface area contributed by atoms with Gasteiger partial charge >= 0.3 is 0 Å². The van der Waals surface area contributed by atoms with Gasteiger partial charge in [0.25, 0.3) is 5.56 Å². The fraction of sp³-hybridized carbons (Fsp3) is 0.154. The predicted octanol–water partition coefficient (Wildman–Crippen LogP) is 2.32. The van der Waals surface area contributed by atoms with Crippen LogP contribution < -0.4 is 10.3 Å². The molecule has 2 aromatic rings. The number of benzene rings is 1. The zero-order valence-corrected chi connectivity index (χ0v) is 11.8. The van der Waals surface area contributed by atoms with Crippen LogP contribution in [-0.4, -0.2) is 23.3 Å². The average Bonchev–Trinajstić information content (AvgIpc) is 2.45. The van der Waals surface area contributed by atoms with Crippen molar-refractivity contribution in [1.29, 1.82) is 5.26 Å². The Morgan fingerprint density at radius 1 is 1.43 bits per heavy atom. The average molecular weight is 309 g/mol. The van der Waals surface area contributed by atoms with Gasteiger partial charge in [0.15, 0.2) is 16.7 Å². The number of nitrogens with zero attached hydrogens (tertiary/aromatic N) is 2. The molecule has 0 aliphatic carbocycles. The molecule has 1 heterocycles. The highest BCUT2D eigenvalue weighted by molar-refractivity contribution is 7.98. The van der Waals surface area contributed by atoms with Crippen LogP contribution in [0.2, 0.25) is 0 Å². The number of nitriles is 1. The van der Waals surface area contributed by atoms with E-state index in [1.807, 2.05) is 0 Å². The summed E-state index contributed by atoms with van der Waals surface area (Å²) in [5, 5.41) is 9.30. The van der Waals surface area contributed by atoms with Crippen LogP contribution in [0.4, 0.5) is 8.78 Å². The lowest BCUT2D eigenvalue weighted by molar-refractivity contribution is 0.385. The first-order valence-corrected chi connectivity index (χ1v) is 6.86. The first-order chi connectivity index (χ1) is 10.0. The zero-order valence-electron chi connectivity index (χ0n) is 11.0. The van der Waals surface area contributed by atoms with Gasteiger partial charge in [0, 0.05) is 11.6 Å². The summed E-state index contributed by atoms with van der Waals surface area (Å²) in [6.45, 7) is 0. The van der Waals surface area contributed by atoms with E-state index in [9.17, 15) is 13.6 Å². The molecule has 0 amide bonds. The third-order valence-electron chi connectivity index (χ3n) is 2.67. The zero-order chi connectivity index (χ0) is 15.6. The van der Waals surface area contributed by atoms with E-state index in [4.69, 9.17) is 10.00 Å². The number of aromatic amines is 1. The molecule has 1 N–H and O–H groups in total. The molecular formula is C13H9F2N3O2S. The summed E-state index contributed by atoms with van der Waals surface area (Å²) in [5.41, 5.74) is -1.23. The summed E-state index contributed by atoms with van der Waals surface area (Å²) in [6, 6.07) is 3.30. The van der Waals surface area contributed by atoms with Gasteiger partial charge in [-0.15, -0.1) is 0 Å². The second-order valence-corrected chi connectivity index (χ2v) is 4.67. The molecule has 0 spiro atoms. The van der Waals surface area contributed by atoms with Crippen molar-refractivity contribution in [1.82, 2.24) is 9.97 Å². The normalized spacial score (nSPS) is 10.2. The van der Waals surface area contributed by atoms with Gasteiger partial charge in [0.05, 0.1) is 7.11 Å². The number of rotatable bonds is 3. The maximum absolute atomic E-state index is 13.7. The van der Waals surface area contributed by atoms with Crippen LogP contribution in [0.5, 0.6) is 5.75 Å². The molecule has 8 heteroatoms. The lowest BCUT2D eigenvalue weighted by atomic mass is 10.1. The third-order valence-corrected chi connectivity index (χ3v) is 3.25. The van der Waals surface area contributed by atoms with Gasteiger partial charge < -0.3 is 9.72 Å². The van der Waals surface area contributed by atoms with Crippen LogP contribution >= 0.6 is 11.8 Å². The molecule has 0 atom stereocenters. The number of thioether (sulfide) groups is 1. The van der Waals surface area contributed by atoms with Gasteiger partial charge in [0.2, 0.25) is 0 Å².